The van der Waals surface area contributed by atoms with Crippen molar-refractivity contribution in [1.82, 2.24) is 4.90 Å². The van der Waals surface area contributed by atoms with Gasteiger partial charge in [-0.2, -0.15) is 0 Å². The van der Waals surface area contributed by atoms with Gasteiger partial charge < -0.3 is 14.5 Å². The minimum Gasteiger partial charge on any atom is -0.497 e. The highest BCUT2D eigenvalue weighted by Crippen LogP contribution is 2.23. The van der Waals surface area contributed by atoms with E-state index in [0.29, 0.717) is 6.04 Å². The van der Waals surface area contributed by atoms with Gasteiger partial charge in [-0.25, -0.2) is 0 Å². The van der Waals surface area contributed by atoms with Crippen LogP contribution in [0.4, 0.5) is 5.69 Å². The van der Waals surface area contributed by atoms with Gasteiger partial charge >= 0.3 is 0 Å². The summed E-state index contributed by atoms with van der Waals surface area (Å²) in [4.78, 5) is 4.80. The molecule has 0 spiro atoms. The van der Waals surface area contributed by atoms with E-state index < -0.39 is 0 Å². The van der Waals surface area contributed by atoms with Gasteiger partial charge in [0.2, 0.25) is 0 Å². The third-order valence-electron chi connectivity index (χ3n) is 3.72. The first-order valence-corrected chi connectivity index (χ1v) is 6.26. The summed E-state index contributed by atoms with van der Waals surface area (Å²) in [6.45, 7) is 2.40. The van der Waals surface area contributed by atoms with Crippen LogP contribution in [0.3, 0.4) is 0 Å². The molecule has 0 atom stereocenters. The molecular weight excluding hydrogens is 212 g/mol. The second-order valence-electron chi connectivity index (χ2n) is 4.84. The van der Waals surface area contributed by atoms with E-state index in [0.717, 1.165) is 5.75 Å². The lowest BCUT2D eigenvalue weighted by Gasteiger charge is -2.36. The van der Waals surface area contributed by atoms with Gasteiger partial charge in [0.15, 0.2) is 0 Å². The van der Waals surface area contributed by atoms with E-state index in [-0.39, 0.29) is 0 Å². The second kappa shape index (κ2) is 5.41. The predicted octanol–water partition coefficient (Wildman–Crippen LogP) is 2.23. The number of ether oxygens (including phenoxy) is 1. The van der Waals surface area contributed by atoms with E-state index in [9.17, 15) is 0 Å². The van der Waals surface area contributed by atoms with Gasteiger partial charge in [0.05, 0.1) is 7.11 Å². The Morgan fingerprint density at radius 3 is 2.29 bits per heavy atom. The van der Waals surface area contributed by atoms with E-state index in [1.54, 1.807) is 7.11 Å². The Hall–Kier alpha value is -1.22. The van der Waals surface area contributed by atoms with Crippen molar-refractivity contribution in [1.29, 1.82) is 0 Å². The van der Waals surface area contributed by atoms with Crippen LogP contribution in [0.25, 0.3) is 0 Å². The molecule has 1 aliphatic rings. The summed E-state index contributed by atoms with van der Waals surface area (Å²) in [6.07, 6.45) is 2.50. The highest BCUT2D eigenvalue weighted by Gasteiger charge is 2.20. The van der Waals surface area contributed by atoms with Crippen molar-refractivity contribution in [2.45, 2.75) is 18.9 Å². The Kier molecular flexibility index (Phi) is 3.89. The Morgan fingerprint density at radius 2 is 1.76 bits per heavy atom. The average molecular weight is 234 g/mol. The lowest BCUT2D eigenvalue weighted by atomic mass is 10.0. The van der Waals surface area contributed by atoms with Crippen molar-refractivity contribution in [3.8, 4) is 5.75 Å². The van der Waals surface area contributed by atoms with Crippen LogP contribution in [0.15, 0.2) is 24.3 Å². The molecule has 1 saturated heterocycles. The van der Waals surface area contributed by atoms with Crippen molar-refractivity contribution < 1.29 is 4.74 Å². The number of methoxy groups -OCH3 is 1. The third kappa shape index (κ3) is 2.91. The fourth-order valence-corrected chi connectivity index (χ4v) is 2.41. The van der Waals surface area contributed by atoms with Crippen LogP contribution in [0.2, 0.25) is 0 Å². The fraction of sp³-hybridized carbons (Fsp3) is 0.571. The summed E-state index contributed by atoms with van der Waals surface area (Å²) in [7, 11) is 6.09. The largest absolute Gasteiger partial charge is 0.497 e. The average Bonchev–Trinajstić information content (AvgIpc) is 2.39. The van der Waals surface area contributed by atoms with Crippen molar-refractivity contribution in [2.75, 3.05) is 39.2 Å². The summed E-state index contributed by atoms with van der Waals surface area (Å²) in [5, 5.41) is 0. The van der Waals surface area contributed by atoms with Gasteiger partial charge in [0.25, 0.3) is 0 Å². The number of benzene rings is 1. The molecule has 94 valence electrons. The predicted molar refractivity (Wildman–Crippen MR) is 71.9 cm³/mol. The van der Waals surface area contributed by atoms with Crippen LogP contribution >= 0.6 is 0 Å². The summed E-state index contributed by atoms with van der Waals surface area (Å²) < 4.78 is 5.18. The summed E-state index contributed by atoms with van der Waals surface area (Å²) in [5.41, 5.74) is 1.28. The number of likely N-dealkylation sites (tertiary alicyclic amines) is 1. The Labute approximate surface area is 104 Å². The van der Waals surface area contributed by atoms with Gasteiger partial charge in [-0.15, -0.1) is 0 Å². The Morgan fingerprint density at radius 1 is 1.18 bits per heavy atom. The first-order valence-electron chi connectivity index (χ1n) is 6.26. The normalized spacial score (nSPS) is 18.1. The molecule has 0 radical (unpaired) electrons. The summed E-state index contributed by atoms with van der Waals surface area (Å²) >= 11 is 0. The minimum absolute atomic E-state index is 0.666. The first-order chi connectivity index (χ1) is 8.20. The molecule has 1 fully saturated rings. The van der Waals surface area contributed by atoms with Crippen LogP contribution in [0.1, 0.15) is 12.8 Å². The molecule has 0 bridgehead atoms. The highest BCUT2D eigenvalue weighted by molar-refractivity contribution is 5.49. The molecule has 17 heavy (non-hydrogen) atoms. The molecule has 0 aliphatic carbocycles. The maximum absolute atomic E-state index is 5.18. The van der Waals surface area contributed by atoms with Gasteiger partial charge in [-0.1, -0.05) is 0 Å². The quantitative estimate of drug-likeness (QED) is 0.797. The van der Waals surface area contributed by atoms with Gasteiger partial charge in [0.1, 0.15) is 5.75 Å². The Balaban J connectivity index is 2.00. The van der Waals surface area contributed by atoms with E-state index in [1.165, 1.54) is 31.6 Å². The molecule has 3 heteroatoms. The van der Waals surface area contributed by atoms with Crippen molar-refractivity contribution in [2.24, 2.45) is 0 Å². The van der Waals surface area contributed by atoms with Crippen LogP contribution in [-0.2, 0) is 0 Å². The topological polar surface area (TPSA) is 15.7 Å². The van der Waals surface area contributed by atoms with Gasteiger partial charge in [-0.3, -0.25) is 0 Å². The fourth-order valence-electron chi connectivity index (χ4n) is 2.41. The number of anilines is 1. The molecule has 1 heterocycles. The molecule has 0 aromatic heterocycles. The molecule has 0 amide bonds. The monoisotopic (exact) mass is 234 g/mol. The minimum atomic E-state index is 0.666. The maximum Gasteiger partial charge on any atom is 0.119 e. The molecule has 2 rings (SSSR count). The summed E-state index contributed by atoms with van der Waals surface area (Å²) in [6, 6.07) is 9.00. The third-order valence-corrected chi connectivity index (χ3v) is 3.72. The van der Waals surface area contributed by atoms with E-state index in [4.69, 9.17) is 4.74 Å². The van der Waals surface area contributed by atoms with Crippen LogP contribution in [-0.4, -0.2) is 45.2 Å². The second-order valence-corrected chi connectivity index (χ2v) is 4.84. The smallest absolute Gasteiger partial charge is 0.119 e. The van der Waals surface area contributed by atoms with Crippen molar-refractivity contribution in [3.63, 3.8) is 0 Å². The van der Waals surface area contributed by atoms with Crippen molar-refractivity contribution >= 4 is 5.69 Å². The zero-order valence-electron chi connectivity index (χ0n) is 11.0. The molecule has 0 N–H and O–H groups in total. The zero-order valence-corrected chi connectivity index (χ0v) is 11.0. The number of hydrogen-bond acceptors (Lipinski definition) is 3. The number of rotatable bonds is 3. The molecule has 0 saturated carbocycles. The Bertz CT molecular complexity index is 342. The van der Waals surface area contributed by atoms with E-state index in [2.05, 4.69) is 36.0 Å². The van der Waals surface area contributed by atoms with Gasteiger partial charge in [0, 0.05) is 18.8 Å². The van der Waals surface area contributed by atoms with Gasteiger partial charge in [-0.05, 0) is 57.2 Å². The zero-order chi connectivity index (χ0) is 12.3. The molecule has 3 nitrogen and oxygen atoms in total. The van der Waals surface area contributed by atoms with Crippen LogP contribution in [0, 0.1) is 0 Å². The number of piperidine rings is 1. The van der Waals surface area contributed by atoms with Crippen LogP contribution < -0.4 is 9.64 Å². The highest BCUT2D eigenvalue weighted by atomic mass is 16.5. The van der Waals surface area contributed by atoms with E-state index in [1.807, 2.05) is 12.1 Å². The number of hydrogen-bond donors (Lipinski definition) is 0. The SMILES string of the molecule is COc1ccc(N(C)C2CCN(C)CC2)cc1. The number of nitrogens with zero attached hydrogens (tertiary/aromatic N) is 2. The lowest BCUT2D eigenvalue weighted by Crippen LogP contribution is -2.41. The summed E-state index contributed by atoms with van der Waals surface area (Å²) in [5.74, 6) is 0.922. The molecular formula is C14H22N2O. The molecule has 1 aromatic rings. The molecule has 0 unspecified atom stereocenters. The van der Waals surface area contributed by atoms with Crippen molar-refractivity contribution in [3.05, 3.63) is 24.3 Å². The molecule has 1 aromatic carbocycles. The van der Waals surface area contributed by atoms with E-state index >= 15 is 0 Å². The van der Waals surface area contributed by atoms with Crippen LogP contribution in [0.5, 0.6) is 5.75 Å². The lowest BCUT2D eigenvalue weighted by molar-refractivity contribution is 0.253. The first kappa shape index (κ1) is 12.2. The maximum atomic E-state index is 5.18. The standard InChI is InChI=1S/C14H22N2O/c1-15-10-8-13(9-11-15)16(2)12-4-6-14(17-3)7-5-12/h4-7,13H,8-11H2,1-3H3. The molecule has 1 aliphatic heterocycles.